The second-order valence-corrected chi connectivity index (χ2v) is 26.4. The first-order chi connectivity index (χ1) is 39.7. The van der Waals surface area contributed by atoms with Crippen LogP contribution in [0.2, 0.25) is 5.02 Å². The first-order valence-electron chi connectivity index (χ1n) is 27.6. The molecule has 0 spiro atoms. The highest BCUT2D eigenvalue weighted by Crippen LogP contribution is 2.38. The minimum absolute atomic E-state index is 0.00405. The van der Waals surface area contributed by atoms with E-state index in [1.54, 1.807) is 30.3 Å². The second-order valence-electron chi connectivity index (χ2n) is 21.3. The Labute approximate surface area is 489 Å². The third-order valence-corrected chi connectivity index (χ3v) is 20.2. The molecule has 4 aliphatic heterocycles. The van der Waals surface area contributed by atoms with Gasteiger partial charge in [-0.15, -0.1) is 11.8 Å². The zero-order valence-electron chi connectivity index (χ0n) is 45.2. The Morgan fingerprint density at radius 1 is 0.711 bits per heavy atom. The van der Waals surface area contributed by atoms with Gasteiger partial charge >= 0.3 is 5.51 Å². The molecule has 1 unspecified atom stereocenters. The van der Waals surface area contributed by atoms with Crippen LogP contribution in [-0.2, 0) is 29.4 Å². The van der Waals surface area contributed by atoms with Gasteiger partial charge in [0.15, 0.2) is 0 Å². The van der Waals surface area contributed by atoms with E-state index in [9.17, 15) is 54.0 Å². The monoisotopic (exact) mass is 1210 g/mol. The number of nitrogens with one attached hydrogen (secondary N) is 3. The highest BCUT2D eigenvalue weighted by atomic mass is 35.5. The fourth-order valence-electron chi connectivity index (χ4n) is 11.3. The van der Waals surface area contributed by atoms with Gasteiger partial charge in [0.05, 0.1) is 21.7 Å². The minimum atomic E-state index is -6.17. The lowest BCUT2D eigenvalue weighted by Gasteiger charge is -2.37. The van der Waals surface area contributed by atoms with Gasteiger partial charge in [-0.2, -0.15) is 13.2 Å². The SMILES string of the molecule is O=C1CCC(N2C(=O)c3ccc(N4CCN(CC[C@H](CSc5ccccc5)Nc5ccc(S(=O)(=O)NC(=O)c6ccc(N7CCN(CC8=C(c9ccc(Cl)cc9)CCCCC8)CC7)cc6)cc5S(=O)(=O)C(F)(F)F)CC4)cc3C2=O)C(=O)N1. The van der Waals surface area contributed by atoms with Gasteiger partial charge in [0.2, 0.25) is 11.8 Å². The Bertz CT molecular complexity index is 3540. The number of fused-ring (bicyclic) bond motifs is 1. The number of piperidine rings is 1. The van der Waals surface area contributed by atoms with Crippen LogP contribution in [0.4, 0.5) is 30.2 Å². The lowest BCUT2D eigenvalue weighted by molar-refractivity contribution is -0.136. The summed E-state index contributed by atoms with van der Waals surface area (Å²) < 4.78 is 99.7. The summed E-state index contributed by atoms with van der Waals surface area (Å²) >= 11 is 7.59. The molecule has 0 saturated carbocycles. The van der Waals surface area contributed by atoms with Gasteiger partial charge < -0.3 is 15.1 Å². The molecule has 24 heteroatoms. The van der Waals surface area contributed by atoms with Crippen molar-refractivity contribution in [2.75, 3.05) is 86.3 Å². The highest BCUT2D eigenvalue weighted by molar-refractivity contribution is 7.99. The molecule has 438 valence electrons. The molecular formula is C59H62ClF3N8O9S3. The van der Waals surface area contributed by atoms with Crippen LogP contribution in [0.3, 0.4) is 0 Å². The Hall–Kier alpha value is -6.76. The number of carbonyl (C=O) groups excluding carboxylic acids is 5. The highest BCUT2D eigenvalue weighted by Gasteiger charge is 2.49. The molecule has 5 amide bonds. The number of imide groups is 2. The molecule has 17 nitrogen and oxygen atoms in total. The number of thioether (sulfide) groups is 1. The third kappa shape index (κ3) is 13.6. The Morgan fingerprint density at radius 3 is 2.05 bits per heavy atom. The lowest BCUT2D eigenvalue weighted by Crippen LogP contribution is -2.54. The first kappa shape index (κ1) is 59.4. The molecule has 10 rings (SSSR count). The summed E-state index contributed by atoms with van der Waals surface area (Å²) in [4.78, 5) is 73.0. The molecule has 4 heterocycles. The van der Waals surface area contributed by atoms with E-state index in [1.165, 1.54) is 47.0 Å². The van der Waals surface area contributed by atoms with Gasteiger partial charge in [-0.1, -0.05) is 53.9 Å². The van der Waals surface area contributed by atoms with Crippen LogP contribution < -0.4 is 25.2 Å². The average molecular weight is 1220 g/mol. The second kappa shape index (κ2) is 25.2. The zero-order valence-corrected chi connectivity index (χ0v) is 48.4. The molecular weight excluding hydrogens is 1150 g/mol. The van der Waals surface area contributed by atoms with Crippen molar-refractivity contribution < 1.29 is 54.0 Å². The third-order valence-electron chi connectivity index (χ3n) is 15.9. The van der Waals surface area contributed by atoms with E-state index in [1.807, 2.05) is 52.1 Å². The van der Waals surface area contributed by atoms with Gasteiger partial charge in [-0.25, -0.2) is 21.6 Å². The standard InChI is InChI=1S/C59H62ClF3N8O9S3/c60-42-15-11-39(12-16-42)48-10-6-1-3-7-41(48)37-68-29-33-69(34-30-68)44-17-13-40(14-18-44)55(73)66-83(79,80)47-20-22-51(53(36-47)82(77,78)59(61,62)63)64-43(38-81-46-8-4-2-5-9-46)25-26-67-27-31-70(32-28-67)45-19-21-49-50(35-45)58(76)71(57(49)75)52-23-24-54(72)65-56(52)74/h2,4-5,8-9,11-22,35-36,43,52,64H,1,3,6-7,10,23-34,37-38H2,(H,66,73)(H,65,72,74)/t43-,52?/m1/s1. The summed E-state index contributed by atoms with van der Waals surface area (Å²) in [6, 6.07) is 29.1. The molecule has 0 bridgehead atoms. The largest absolute Gasteiger partial charge is 0.501 e. The molecule has 3 N–H and O–H groups in total. The van der Waals surface area contributed by atoms with Crippen molar-refractivity contribution in [3.63, 3.8) is 0 Å². The molecule has 2 atom stereocenters. The predicted octanol–water partition coefficient (Wildman–Crippen LogP) is 8.48. The number of alkyl halides is 3. The number of benzene rings is 5. The van der Waals surface area contributed by atoms with Gasteiger partial charge in [-0.3, -0.25) is 44.0 Å². The van der Waals surface area contributed by atoms with Gasteiger partial charge in [-0.05, 0) is 135 Å². The van der Waals surface area contributed by atoms with E-state index in [2.05, 4.69) is 37.5 Å². The maximum atomic E-state index is 14.5. The number of sulfonamides is 1. The maximum Gasteiger partial charge on any atom is 0.501 e. The Balaban J connectivity index is 0.781. The zero-order chi connectivity index (χ0) is 58.6. The molecule has 0 radical (unpaired) electrons. The first-order valence-corrected chi connectivity index (χ1v) is 31.9. The van der Waals surface area contributed by atoms with E-state index in [0.29, 0.717) is 55.9 Å². The summed E-state index contributed by atoms with van der Waals surface area (Å²) in [6.07, 6.45) is 5.90. The number of hydrogen-bond acceptors (Lipinski definition) is 15. The van der Waals surface area contributed by atoms with E-state index in [4.69, 9.17) is 11.6 Å². The van der Waals surface area contributed by atoms with Crippen molar-refractivity contribution in [1.82, 2.24) is 24.7 Å². The number of nitrogens with zero attached hydrogens (tertiary/aromatic N) is 5. The van der Waals surface area contributed by atoms with Crippen LogP contribution in [0.15, 0.2) is 136 Å². The molecule has 83 heavy (non-hydrogen) atoms. The van der Waals surface area contributed by atoms with E-state index in [0.717, 1.165) is 86.0 Å². The van der Waals surface area contributed by atoms with E-state index < -0.39 is 82.5 Å². The van der Waals surface area contributed by atoms with Crippen LogP contribution in [-0.4, -0.2) is 150 Å². The van der Waals surface area contributed by atoms with Crippen LogP contribution in [0.1, 0.15) is 88.0 Å². The quantitative estimate of drug-likeness (QED) is 0.0556. The summed E-state index contributed by atoms with van der Waals surface area (Å²) in [7, 11) is -11.1. The number of amides is 5. The van der Waals surface area contributed by atoms with Crippen LogP contribution in [0.25, 0.3) is 5.57 Å². The molecule has 5 aromatic carbocycles. The summed E-state index contributed by atoms with van der Waals surface area (Å²) in [5.41, 5.74) is -0.459. The number of halogens is 4. The van der Waals surface area contributed by atoms with E-state index in [-0.39, 0.29) is 35.3 Å². The van der Waals surface area contributed by atoms with Crippen molar-refractivity contribution in [2.45, 2.75) is 83.6 Å². The number of allylic oxidation sites excluding steroid dienone is 1. The van der Waals surface area contributed by atoms with Crippen LogP contribution in [0, 0.1) is 0 Å². The average Bonchev–Trinajstić information content (AvgIpc) is 2.48. The summed E-state index contributed by atoms with van der Waals surface area (Å²) in [5.74, 6) is -3.21. The number of carbonyl (C=O) groups is 5. The van der Waals surface area contributed by atoms with E-state index >= 15 is 0 Å². The fraction of sp³-hybridized carbons (Fsp3) is 0.373. The number of rotatable bonds is 18. The van der Waals surface area contributed by atoms with Gasteiger partial charge in [0, 0.05) is 111 Å². The summed E-state index contributed by atoms with van der Waals surface area (Å²) in [6.45, 7) is 6.35. The molecule has 3 fully saturated rings. The van der Waals surface area contributed by atoms with Crippen LogP contribution in [0.5, 0.6) is 0 Å². The predicted molar refractivity (Wildman–Crippen MR) is 312 cm³/mol. The van der Waals surface area contributed by atoms with Gasteiger partial charge in [0.1, 0.15) is 10.9 Å². The van der Waals surface area contributed by atoms with Crippen LogP contribution >= 0.6 is 23.4 Å². The lowest BCUT2D eigenvalue weighted by atomic mass is 9.95. The molecule has 3 saturated heterocycles. The smallest absolute Gasteiger partial charge is 0.380 e. The van der Waals surface area contributed by atoms with Crippen molar-refractivity contribution >= 4 is 95.4 Å². The summed E-state index contributed by atoms with van der Waals surface area (Å²) in [5, 5.41) is 5.90. The van der Waals surface area contributed by atoms with Crippen molar-refractivity contribution in [3.05, 3.63) is 148 Å². The number of hydrogen-bond donors (Lipinski definition) is 3. The maximum absolute atomic E-state index is 14.5. The van der Waals surface area contributed by atoms with Crippen molar-refractivity contribution in [1.29, 1.82) is 0 Å². The number of sulfone groups is 1. The van der Waals surface area contributed by atoms with Crippen molar-refractivity contribution in [3.8, 4) is 0 Å². The van der Waals surface area contributed by atoms with Gasteiger partial charge in [0.25, 0.3) is 37.6 Å². The fourth-order valence-corrected chi connectivity index (χ4v) is 14.4. The molecule has 0 aromatic heterocycles. The number of piperazine rings is 2. The molecule has 5 aromatic rings. The molecule has 5 aliphatic rings. The normalized spacial score (nSPS) is 19.1. The minimum Gasteiger partial charge on any atom is -0.380 e. The number of anilines is 3. The molecule has 1 aliphatic carbocycles. The Kier molecular flexibility index (Phi) is 18.0. The van der Waals surface area contributed by atoms with Crippen molar-refractivity contribution in [2.24, 2.45) is 0 Å². The Morgan fingerprint density at radius 2 is 1.36 bits per heavy atom. The topological polar surface area (TPSA) is 206 Å².